The number of hydrogen-bond donors (Lipinski definition) is 2. The second-order valence-electron chi connectivity index (χ2n) is 5.18. The minimum Gasteiger partial charge on any atom is -0.491 e. The highest BCUT2D eigenvalue weighted by Crippen LogP contribution is 2.40. The molecule has 2 rings (SSSR count). The number of ether oxygens (including phenoxy) is 2. The smallest absolute Gasteiger partial charge is 0.125 e. The average molecular weight is 251 g/mol. The molecule has 0 saturated carbocycles. The normalized spacial score (nSPS) is 21.0. The van der Waals surface area contributed by atoms with E-state index in [-0.39, 0.29) is 18.2 Å². The summed E-state index contributed by atoms with van der Waals surface area (Å²) in [4.78, 5) is 0. The van der Waals surface area contributed by atoms with Crippen LogP contribution in [-0.4, -0.2) is 31.0 Å². The zero-order valence-electron chi connectivity index (χ0n) is 11.2. The summed E-state index contributed by atoms with van der Waals surface area (Å²) in [6.45, 7) is 4.53. The van der Waals surface area contributed by atoms with E-state index in [0.717, 1.165) is 23.5 Å². The Hall–Kier alpha value is -1.26. The molecule has 1 aliphatic heterocycles. The van der Waals surface area contributed by atoms with E-state index < -0.39 is 0 Å². The Bertz CT molecular complexity index is 418. The Morgan fingerprint density at radius 2 is 2.28 bits per heavy atom. The van der Waals surface area contributed by atoms with Gasteiger partial charge in [0, 0.05) is 18.0 Å². The monoisotopic (exact) mass is 251 g/mol. The molecule has 1 unspecified atom stereocenters. The lowest BCUT2D eigenvalue weighted by Crippen LogP contribution is -2.38. The van der Waals surface area contributed by atoms with Gasteiger partial charge >= 0.3 is 0 Å². The van der Waals surface area contributed by atoms with Crippen LogP contribution in [0.25, 0.3) is 0 Å². The van der Waals surface area contributed by atoms with Crippen molar-refractivity contribution in [3.63, 3.8) is 0 Å². The summed E-state index contributed by atoms with van der Waals surface area (Å²) in [6, 6.07) is 6.07. The Kier molecular flexibility index (Phi) is 3.78. The minimum absolute atomic E-state index is 0.0239. The van der Waals surface area contributed by atoms with E-state index in [1.54, 1.807) is 0 Å². The van der Waals surface area contributed by atoms with Crippen molar-refractivity contribution in [2.75, 3.05) is 20.3 Å². The Morgan fingerprint density at radius 1 is 1.50 bits per heavy atom. The number of nitrogens with one attached hydrogen (secondary N) is 1. The van der Waals surface area contributed by atoms with Crippen LogP contribution in [-0.2, 0) is 0 Å². The number of aliphatic hydroxyl groups excluding tert-OH is 1. The third-order valence-corrected chi connectivity index (χ3v) is 3.15. The lowest BCUT2D eigenvalue weighted by Gasteiger charge is -2.37. The fraction of sp³-hybridized carbons (Fsp3) is 0.571. The van der Waals surface area contributed by atoms with E-state index >= 15 is 0 Å². The standard InChI is InChI=1S/C14H21NO3/c1-14(2)9-12(15-3)11-8-10(17-7-6-16)4-5-13(11)18-14/h4-5,8,12,15-16H,6-7,9H2,1-3H3. The summed E-state index contributed by atoms with van der Waals surface area (Å²) >= 11 is 0. The second kappa shape index (κ2) is 5.16. The lowest BCUT2D eigenvalue weighted by molar-refractivity contribution is 0.0672. The fourth-order valence-corrected chi connectivity index (χ4v) is 2.34. The largest absolute Gasteiger partial charge is 0.491 e. The molecule has 0 amide bonds. The predicted molar refractivity (Wildman–Crippen MR) is 70.1 cm³/mol. The molecule has 0 saturated heterocycles. The van der Waals surface area contributed by atoms with Crippen LogP contribution in [0.4, 0.5) is 0 Å². The molecule has 0 radical (unpaired) electrons. The van der Waals surface area contributed by atoms with E-state index in [1.807, 2.05) is 25.2 Å². The van der Waals surface area contributed by atoms with Gasteiger partial charge in [0.05, 0.1) is 6.61 Å². The molecule has 0 fully saturated rings. The highest BCUT2D eigenvalue weighted by molar-refractivity contribution is 5.44. The van der Waals surface area contributed by atoms with Gasteiger partial charge in [-0.05, 0) is 39.1 Å². The lowest BCUT2D eigenvalue weighted by atomic mass is 9.90. The van der Waals surface area contributed by atoms with Crippen LogP contribution in [0.2, 0.25) is 0 Å². The van der Waals surface area contributed by atoms with Gasteiger partial charge in [0.2, 0.25) is 0 Å². The van der Waals surface area contributed by atoms with Crippen molar-refractivity contribution >= 4 is 0 Å². The average Bonchev–Trinajstić information content (AvgIpc) is 2.34. The second-order valence-corrected chi connectivity index (χ2v) is 5.18. The van der Waals surface area contributed by atoms with Crippen LogP contribution in [0.3, 0.4) is 0 Å². The number of fused-ring (bicyclic) bond motifs is 1. The molecule has 0 aliphatic carbocycles. The highest BCUT2D eigenvalue weighted by atomic mass is 16.5. The molecule has 4 heteroatoms. The third-order valence-electron chi connectivity index (χ3n) is 3.15. The molecule has 1 aromatic rings. The van der Waals surface area contributed by atoms with E-state index in [0.29, 0.717) is 6.61 Å². The molecule has 0 bridgehead atoms. The van der Waals surface area contributed by atoms with Crippen molar-refractivity contribution < 1.29 is 14.6 Å². The summed E-state index contributed by atoms with van der Waals surface area (Å²) in [5.41, 5.74) is 0.959. The predicted octanol–water partition coefficient (Wildman–Crippen LogP) is 1.88. The molecule has 0 aromatic heterocycles. The maximum atomic E-state index is 8.77. The molecule has 100 valence electrons. The van der Waals surface area contributed by atoms with Crippen LogP contribution in [0, 0.1) is 0 Å². The molecule has 2 N–H and O–H groups in total. The maximum absolute atomic E-state index is 8.77. The molecule has 4 nitrogen and oxygen atoms in total. The van der Waals surface area contributed by atoms with Crippen molar-refractivity contribution in [2.24, 2.45) is 0 Å². The number of hydrogen-bond acceptors (Lipinski definition) is 4. The Morgan fingerprint density at radius 3 is 2.94 bits per heavy atom. The topological polar surface area (TPSA) is 50.7 Å². The van der Waals surface area contributed by atoms with Gasteiger partial charge in [0.1, 0.15) is 23.7 Å². The van der Waals surface area contributed by atoms with Gasteiger partial charge in [0.15, 0.2) is 0 Å². The van der Waals surface area contributed by atoms with Crippen LogP contribution >= 0.6 is 0 Å². The summed E-state index contributed by atoms with van der Waals surface area (Å²) in [5, 5.41) is 12.1. The first-order chi connectivity index (χ1) is 8.55. The quantitative estimate of drug-likeness (QED) is 0.858. The minimum atomic E-state index is -0.159. The van der Waals surface area contributed by atoms with Crippen LogP contribution in [0.5, 0.6) is 11.5 Å². The van der Waals surface area contributed by atoms with Gasteiger partial charge < -0.3 is 19.9 Å². The molecule has 18 heavy (non-hydrogen) atoms. The zero-order valence-corrected chi connectivity index (χ0v) is 11.2. The van der Waals surface area contributed by atoms with Crippen LogP contribution in [0.15, 0.2) is 18.2 Å². The van der Waals surface area contributed by atoms with Crippen LogP contribution < -0.4 is 14.8 Å². The van der Waals surface area contributed by atoms with Crippen molar-refractivity contribution in [2.45, 2.75) is 31.9 Å². The van der Waals surface area contributed by atoms with Gasteiger partial charge in [-0.2, -0.15) is 0 Å². The summed E-state index contributed by atoms with van der Waals surface area (Å²) in [5.74, 6) is 1.67. The molecule has 1 atom stereocenters. The van der Waals surface area contributed by atoms with E-state index in [2.05, 4.69) is 19.2 Å². The van der Waals surface area contributed by atoms with Crippen LogP contribution in [0.1, 0.15) is 31.9 Å². The van der Waals surface area contributed by atoms with Gasteiger partial charge in [-0.1, -0.05) is 0 Å². The SMILES string of the molecule is CNC1CC(C)(C)Oc2ccc(OCCO)cc21. The number of aliphatic hydroxyl groups is 1. The van der Waals surface area contributed by atoms with Gasteiger partial charge in [0.25, 0.3) is 0 Å². The first-order valence-corrected chi connectivity index (χ1v) is 6.29. The molecule has 1 aromatic carbocycles. The first kappa shape index (κ1) is 13.2. The summed E-state index contributed by atoms with van der Waals surface area (Å²) in [7, 11) is 1.96. The van der Waals surface area contributed by atoms with E-state index in [9.17, 15) is 0 Å². The summed E-state index contributed by atoms with van der Waals surface area (Å²) in [6.07, 6.45) is 0.917. The molecular formula is C14H21NO3. The van der Waals surface area contributed by atoms with Crippen molar-refractivity contribution in [3.8, 4) is 11.5 Å². The third kappa shape index (κ3) is 2.76. The molecule has 1 aliphatic rings. The van der Waals surface area contributed by atoms with Crippen molar-refractivity contribution in [3.05, 3.63) is 23.8 Å². The van der Waals surface area contributed by atoms with Gasteiger partial charge in [-0.25, -0.2) is 0 Å². The fourth-order valence-electron chi connectivity index (χ4n) is 2.34. The maximum Gasteiger partial charge on any atom is 0.125 e. The molecule has 0 spiro atoms. The van der Waals surface area contributed by atoms with Crippen molar-refractivity contribution in [1.82, 2.24) is 5.32 Å². The first-order valence-electron chi connectivity index (χ1n) is 6.29. The van der Waals surface area contributed by atoms with Gasteiger partial charge in [-0.3, -0.25) is 0 Å². The zero-order chi connectivity index (χ0) is 13.2. The number of benzene rings is 1. The Labute approximate surface area is 108 Å². The molecular weight excluding hydrogens is 230 g/mol. The molecule has 1 heterocycles. The number of rotatable bonds is 4. The van der Waals surface area contributed by atoms with E-state index in [1.165, 1.54) is 0 Å². The highest BCUT2D eigenvalue weighted by Gasteiger charge is 2.33. The Balaban J connectivity index is 2.27. The van der Waals surface area contributed by atoms with Crippen molar-refractivity contribution in [1.29, 1.82) is 0 Å². The van der Waals surface area contributed by atoms with E-state index in [4.69, 9.17) is 14.6 Å². The van der Waals surface area contributed by atoms with Gasteiger partial charge in [-0.15, -0.1) is 0 Å². The summed E-state index contributed by atoms with van der Waals surface area (Å²) < 4.78 is 11.4.